The van der Waals surface area contributed by atoms with Crippen LogP contribution in [0.2, 0.25) is 0 Å². The van der Waals surface area contributed by atoms with Gasteiger partial charge in [0.25, 0.3) is 0 Å². The van der Waals surface area contributed by atoms with Crippen LogP contribution < -0.4 is 5.32 Å². The van der Waals surface area contributed by atoms with Gasteiger partial charge in [-0.2, -0.15) is 0 Å². The van der Waals surface area contributed by atoms with Gasteiger partial charge in [0, 0.05) is 43.6 Å². The molecule has 0 aromatic carbocycles. The van der Waals surface area contributed by atoms with E-state index < -0.39 is 29.9 Å². The summed E-state index contributed by atoms with van der Waals surface area (Å²) in [6.07, 6.45) is 5.64. The van der Waals surface area contributed by atoms with Gasteiger partial charge >= 0.3 is 5.97 Å². The molecular weight excluding hydrogens is 440 g/mol. The minimum Gasteiger partial charge on any atom is -0.435 e. The van der Waals surface area contributed by atoms with Gasteiger partial charge in [0.15, 0.2) is 11.9 Å². The van der Waals surface area contributed by atoms with Crippen molar-refractivity contribution >= 4 is 11.9 Å². The maximum Gasteiger partial charge on any atom is 0.308 e. The molecule has 6 rings (SSSR count). The van der Waals surface area contributed by atoms with Crippen LogP contribution in [0.1, 0.15) is 64.9 Å². The van der Waals surface area contributed by atoms with E-state index in [1.54, 1.807) is 12.4 Å². The summed E-state index contributed by atoms with van der Waals surface area (Å²) >= 11 is 0. The van der Waals surface area contributed by atoms with E-state index in [9.17, 15) is 9.59 Å². The van der Waals surface area contributed by atoms with Crippen LogP contribution in [0.15, 0.2) is 24.5 Å². The second-order valence-corrected chi connectivity index (χ2v) is 10.4. The fourth-order valence-corrected chi connectivity index (χ4v) is 6.20. The summed E-state index contributed by atoms with van der Waals surface area (Å²) in [6, 6.07) is 3.69. The first-order valence-corrected chi connectivity index (χ1v) is 12.4. The van der Waals surface area contributed by atoms with Crippen LogP contribution in [-0.4, -0.2) is 40.8 Å². The molecule has 1 aromatic rings. The largest absolute Gasteiger partial charge is 0.435 e. The molecule has 8 atom stereocenters. The topological polar surface area (TPSA) is 105 Å². The van der Waals surface area contributed by atoms with E-state index in [2.05, 4.69) is 17.2 Å². The molecule has 1 aliphatic carbocycles. The molecule has 1 amide bonds. The average molecular weight is 475 g/mol. The van der Waals surface area contributed by atoms with Gasteiger partial charge in [-0.15, -0.1) is 0 Å². The SMILES string of the molecule is C[C@H]1[C@H](OC(=O)CCC(=O)NCc2cccnc2)O[C@@H]2O[C@]3(C)CC[C@@H]4[C@H](C)CC[C@H]1[C@@]24OO3. The number of carbonyl (C=O) groups is 2. The molecule has 5 fully saturated rings. The zero-order chi connectivity index (χ0) is 23.9. The summed E-state index contributed by atoms with van der Waals surface area (Å²) in [5.41, 5.74) is 0.205. The van der Waals surface area contributed by atoms with E-state index in [0.29, 0.717) is 12.5 Å². The summed E-state index contributed by atoms with van der Waals surface area (Å²) in [7, 11) is 0. The zero-order valence-corrected chi connectivity index (χ0v) is 20.0. The maximum absolute atomic E-state index is 12.6. The molecule has 1 spiro atoms. The van der Waals surface area contributed by atoms with Gasteiger partial charge in [-0.1, -0.05) is 19.9 Å². The highest BCUT2D eigenvalue weighted by Crippen LogP contribution is 2.60. The van der Waals surface area contributed by atoms with E-state index in [-0.39, 0.29) is 36.5 Å². The molecule has 4 saturated heterocycles. The zero-order valence-electron chi connectivity index (χ0n) is 20.0. The molecule has 2 bridgehead atoms. The van der Waals surface area contributed by atoms with Crippen molar-refractivity contribution in [2.24, 2.45) is 23.7 Å². The number of fused-ring (bicyclic) bond motifs is 2. The Hall–Kier alpha value is -2.07. The molecule has 1 aromatic heterocycles. The van der Waals surface area contributed by atoms with Crippen molar-refractivity contribution in [1.82, 2.24) is 10.3 Å². The van der Waals surface area contributed by atoms with E-state index in [1.165, 1.54) is 0 Å². The number of nitrogens with one attached hydrogen (secondary N) is 1. The smallest absolute Gasteiger partial charge is 0.308 e. The normalized spacial score (nSPS) is 40.7. The lowest BCUT2D eigenvalue weighted by molar-refractivity contribution is -0.576. The van der Waals surface area contributed by atoms with Crippen LogP contribution in [-0.2, 0) is 40.1 Å². The number of aromatic nitrogens is 1. The summed E-state index contributed by atoms with van der Waals surface area (Å²) in [5.74, 6) is -0.856. The predicted molar refractivity (Wildman–Crippen MR) is 118 cm³/mol. The molecule has 186 valence electrons. The number of pyridine rings is 1. The highest BCUT2D eigenvalue weighted by molar-refractivity contribution is 5.81. The van der Waals surface area contributed by atoms with Crippen LogP contribution in [0.25, 0.3) is 0 Å². The molecule has 1 saturated carbocycles. The summed E-state index contributed by atoms with van der Waals surface area (Å²) in [4.78, 5) is 40.7. The van der Waals surface area contributed by atoms with E-state index in [0.717, 1.165) is 31.2 Å². The van der Waals surface area contributed by atoms with Crippen LogP contribution in [0.3, 0.4) is 0 Å². The quantitative estimate of drug-likeness (QED) is 0.495. The Morgan fingerprint density at radius 3 is 2.82 bits per heavy atom. The van der Waals surface area contributed by atoms with Crippen molar-refractivity contribution in [2.75, 3.05) is 0 Å². The lowest BCUT2D eigenvalue weighted by atomic mass is 9.58. The molecule has 9 heteroatoms. The first-order chi connectivity index (χ1) is 16.3. The highest BCUT2D eigenvalue weighted by Gasteiger charge is 2.69. The summed E-state index contributed by atoms with van der Waals surface area (Å²) in [6.45, 7) is 6.52. The van der Waals surface area contributed by atoms with E-state index in [4.69, 9.17) is 24.0 Å². The Labute approximate surface area is 199 Å². The minimum atomic E-state index is -0.876. The van der Waals surface area contributed by atoms with Gasteiger partial charge in [-0.25, -0.2) is 9.78 Å². The van der Waals surface area contributed by atoms with Crippen LogP contribution in [0.5, 0.6) is 0 Å². The third-order valence-corrected chi connectivity index (χ3v) is 8.11. The molecule has 1 N–H and O–H groups in total. The van der Waals surface area contributed by atoms with Crippen LogP contribution >= 0.6 is 0 Å². The summed E-state index contributed by atoms with van der Waals surface area (Å²) < 4.78 is 18.3. The van der Waals surface area contributed by atoms with Gasteiger partial charge < -0.3 is 19.5 Å². The number of esters is 1. The van der Waals surface area contributed by atoms with Crippen molar-refractivity contribution < 1.29 is 33.6 Å². The molecule has 4 aliphatic heterocycles. The van der Waals surface area contributed by atoms with Gasteiger partial charge in [0.1, 0.15) is 0 Å². The van der Waals surface area contributed by atoms with Gasteiger partial charge in [-0.3, -0.25) is 14.6 Å². The maximum atomic E-state index is 12.6. The third kappa shape index (κ3) is 4.23. The average Bonchev–Trinajstić information content (AvgIpc) is 3.06. The first-order valence-electron chi connectivity index (χ1n) is 12.4. The molecule has 5 aliphatic rings. The van der Waals surface area contributed by atoms with Crippen molar-refractivity contribution in [1.29, 1.82) is 0 Å². The Bertz CT molecular complexity index is 914. The van der Waals surface area contributed by atoms with Crippen molar-refractivity contribution in [3.05, 3.63) is 30.1 Å². The monoisotopic (exact) mass is 474 g/mol. The fourth-order valence-electron chi connectivity index (χ4n) is 6.20. The number of nitrogens with zero attached hydrogens (tertiary/aromatic N) is 1. The van der Waals surface area contributed by atoms with Gasteiger partial charge in [0.05, 0.1) is 6.42 Å². The fraction of sp³-hybridized carbons (Fsp3) is 0.720. The predicted octanol–water partition coefficient (Wildman–Crippen LogP) is 3.23. The Morgan fingerprint density at radius 1 is 1.18 bits per heavy atom. The number of hydrogen-bond donors (Lipinski definition) is 1. The number of amides is 1. The highest BCUT2D eigenvalue weighted by atomic mass is 17.3. The van der Waals surface area contributed by atoms with Crippen molar-refractivity contribution in [3.63, 3.8) is 0 Å². The number of rotatable bonds is 6. The number of ether oxygens (including phenoxy) is 3. The molecule has 5 heterocycles. The first kappa shape index (κ1) is 23.7. The van der Waals surface area contributed by atoms with E-state index >= 15 is 0 Å². The second kappa shape index (κ2) is 9.18. The lowest BCUT2D eigenvalue weighted by Gasteiger charge is -2.59. The number of hydrogen-bond acceptors (Lipinski definition) is 8. The molecule has 0 unspecified atom stereocenters. The van der Waals surface area contributed by atoms with Gasteiger partial charge in [-0.05, 0) is 49.7 Å². The second-order valence-electron chi connectivity index (χ2n) is 10.4. The molecule has 0 radical (unpaired) electrons. The Kier molecular flexibility index (Phi) is 6.39. The van der Waals surface area contributed by atoms with Crippen LogP contribution in [0.4, 0.5) is 0 Å². The Morgan fingerprint density at radius 2 is 2.03 bits per heavy atom. The van der Waals surface area contributed by atoms with E-state index in [1.807, 2.05) is 26.0 Å². The lowest BCUT2D eigenvalue weighted by Crippen LogP contribution is -2.70. The standard InChI is InChI=1S/C25H34N2O7/c1-15-6-7-19-16(2)22(31-23-25(19)18(15)10-11-24(3,32-23)33-34-25)30-21(29)9-8-20(28)27-14-17-5-4-12-26-13-17/h4-5,12-13,15-16,18-19,22-23H,6-11,14H2,1-3H3,(H,27,28)/t15-,16-,18-,19-,22-,23-,24+,25-/m1/s1. The molecule has 34 heavy (non-hydrogen) atoms. The van der Waals surface area contributed by atoms with Gasteiger partial charge in [0.2, 0.25) is 18.0 Å². The summed E-state index contributed by atoms with van der Waals surface area (Å²) in [5, 5.41) is 2.80. The Balaban J connectivity index is 1.20. The van der Waals surface area contributed by atoms with Crippen molar-refractivity contribution in [3.8, 4) is 0 Å². The van der Waals surface area contributed by atoms with Crippen LogP contribution in [0, 0.1) is 23.7 Å². The van der Waals surface area contributed by atoms with Crippen molar-refractivity contribution in [2.45, 2.75) is 89.8 Å². The number of carbonyl (C=O) groups excluding carboxylic acids is 2. The molecule has 9 nitrogen and oxygen atoms in total. The molecular formula is C25H34N2O7. The minimum absolute atomic E-state index is 0.0240. The third-order valence-electron chi connectivity index (χ3n) is 8.11.